The minimum Gasteiger partial charge on any atom is -0.467 e. The number of carbonyl (C=O) groups is 1. The van der Waals surface area contributed by atoms with Crippen LogP contribution >= 0.6 is 0 Å². The van der Waals surface area contributed by atoms with Gasteiger partial charge in [-0.3, -0.25) is 4.90 Å². The molecule has 1 unspecified atom stereocenters. The Bertz CT molecular complexity index is 1260. The number of halogens is 1. The monoisotopic (exact) mass is 430 g/mol. The lowest BCUT2D eigenvalue weighted by Gasteiger charge is -2.34. The summed E-state index contributed by atoms with van der Waals surface area (Å²) in [4.78, 5) is 19.1. The maximum atomic E-state index is 13.3. The highest BCUT2D eigenvalue weighted by atomic mass is 19.1. The van der Waals surface area contributed by atoms with Crippen LogP contribution in [0.3, 0.4) is 0 Å². The van der Waals surface area contributed by atoms with Crippen LogP contribution < -0.4 is 5.32 Å². The predicted molar refractivity (Wildman–Crippen MR) is 114 cm³/mol. The first-order chi connectivity index (χ1) is 15.6. The molecular formula is C24H19FN4O3. The Morgan fingerprint density at radius 2 is 1.84 bits per heavy atom. The van der Waals surface area contributed by atoms with Gasteiger partial charge in [-0.2, -0.15) is 4.98 Å². The van der Waals surface area contributed by atoms with E-state index in [2.05, 4.69) is 15.5 Å². The van der Waals surface area contributed by atoms with Gasteiger partial charge in [-0.15, -0.1) is 0 Å². The summed E-state index contributed by atoms with van der Waals surface area (Å²) in [5, 5.41) is 7.12. The van der Waals surface area contributed by atoms with Crippen LogP contribution in [0, 0.1) is 5.82 Å². The van der Waals surface area contributed by atoms with Crippen molar-refractivity contribution in [1.29, 1.82) is 0 Å². The Kier molecular flexibility index (Phi) is 5.03. The van der Waals surface area contributed by atoms with Gasteiger partial charge < -0.3 is 14.3 Å². The molecule has 1 N–H and O–H groups in total. The fourth-order valence-electron chi connectivity index (χ4n) is 3.75. The second-order valence-corrected chi connectivity index (χ2v) is 7.39. The maximum absolute atomic E-state index is 13.3. The zero-order valence-corrected chi connectivity index (χ0v) is 17.2. The molecule has 0 spiro atoms. The lowest BCUT2D eigenvalue weighted by atomic mass is 9.94. The lowest BCUT2D eigenvalue weighted by molar-refractivity contribution is 0.199. The van der Waals surface area contributed by atoms with E-state index in [0.717, 1.165) is 5.56 Å². The molecule has 0 fully saturated rings. The molecule has 32 heavy (non-hydrogen) atoms. The maximum Gasteiger partial charge on any atom is 0.322 e. The van der Waals surface area contributed by atoms with Crippen LogP contribution in [0.4, 0.5) is 9.18 Å². The fraction of sp³-hybridized carbons (Fsp3) is 0.125. The van der Waals surface area contributed by atoms with Crippen LogP contribution in [0.15, 0.2) is 87.6 Å². The van der Waals surface area contributed by atoms with E-state index < -0.39 is 6.04 Å². The quantitative estimate of drug-likeness (QED) is 0.472. The number of aromatic nitrogens is 2. The molecule has 160 valence electrons. The van der Waals surface area contributed by atoms with E-state index >= 15 is 0 Å². The molecule has 0 radical (unpaired) electrons. The third-order valence-electron chi connectivity index (χ3n) is 5.38. The summed E-state index contributed by atoms with van der Waals surface area (Å²) in [6.07, 6.45) is 1.57. The van der Waals surface area contributed by atoms with E-state index in [1.165, 1.54) is 12.1 Å². The molecule has 7 nitrogen and oxygen atoms in total. The number of furan rings is 1. The molecular weight excluding hydrogens is 411 g/mol. The summed E-state index contributed by atoms with van der Waals surface area (Å²) in [5.41, 5.74) is 2.87. The Balaban J connectivity index is 1.59. The summed E-state index contributed by atoms with van der Waals surface area (Å²) in [6, 6.07) is 18.3. The second-order valence-electron chi connectivity index (χ2n) is 7.39. The highest BCUT2D eigenvalue weighted by Crippen LogP contribution is 2.37. The summed E-state index contributed by atoms with van der Waals surface area (Å²) in [7, 11) is 0. The smallest absolute Gasteiger partial charge is 0.322 e. The van der Waals surface area contributed by atoms with Crippen molar-refractivity contribution in [2.24, 2.45) is 0 Å². The van der Waals surface area contributed by atoms with Gasteiger partial charge in [-0.1, -0.05) is 35.5 Å². The van der Waals surface area contributed by atoms with Crippen molar-refractivity contribution in [3.05, 3.63) is 102 Å². The summed E-state index contributed by atoms with van der Waals surface area (Å²) in [6.45, 7) is 2.10. The SMILES string of the molecule is CC1=C(c2nc(-c3ccc(F)cc3)no2)C(c2ccccc2)NC(=O)N1Cc1ccco1. The number of nitrogens with one attached hydrogen (secondary N) is 1. The van der Waals surface area contributed by atoms with Gasteiger partial charge in [0.1, 0.15) is 11.6 Å². The lowest BCUT2D eigenvalue weighted by Crippen LogP contribution is -2.45. The van der Waals surface area contributed by atoms with Crippen molar-refractivity contribution in [2.45, 2.75) is 19.5 Å². The van der Waals surface area contributed by atoms with Gasteiger partial charge >= 0.3 is 6.03 Å². The number of benzene rings is 2. The van der Waals surface area contributed by atoms with Gasteiger partial charge in [0, 0.05) is 11.3 Å². The van der Waals surface area contributed by atoms with Gasteiger partial charge in [0.15, 0.2) is 0 Å². The minimum absolute atomic E-state index is 0.255. The molecule has 5 rings (SSSR count). The van der Waals surface area contributed by atoms with Gasteiger partial charge in [0.2, 0.25) is 5.82 Å². The number of urea groups is 1. The molecule has 4 aromatic rings. The van der Waals surface area contributed by atoms with Crippen LogP contribution in [-0.4, -0.2) is 21.1 Å². The van der Waals surface area contributed by atoms with Crippen LogP contribution in [0.1, 0.15) is 30.2 Å². The van der Waals surface area contributed by atoms with Crippen molar-refractivity contribution in [3.8, 4) is 11.4 Å². The highest BCUT2D eigenvalue weighted by Gasteiger charge is 2.36. The highest BCUT2D eigenvalue weighted by molar-refractivity contribution is 5.86. The number of nitrogens with zero attached hydrogens (tertiary/aromatic N) is 3. The molecule has 1 atom stereocenters. The average Bonchev–Trinajstić information content (AvgIpc) is 3.50. The second kappa shape index (κ2) is 8.14. The third kappa shape index (κ3) is 3.66. The molecule has 8 heteroatoms. The van der Waals surface area contributed by atoms with Crippen LogP contribution in [-0.2, 0) is 6.54 Å². The molecule has 2 aromatic heterocycles. The van der Waals surface area contributed by atoms with E-state index in [4.69, 9.17) is 8.94 Å². The first kappa shape index (κ1) is 19.7. The largest absolute Gasteiger partial charge is 0.467 e. The summed E-state index contributed by atoms with van der Waals surface area (Å²) in [5.74, 6) is 0.917. The standard InChI is InChI=1S/C24H19FN4O3/c1-15-20(23-27-22(28-32-23)17-9-11-18(25)12-10-17)21(16-6-3-2-4-7-16)26-24(30)29(15)14-19-8-5-13-31-19/h2-13,21H,14H2,1H3,(H,26,30). The van der Waals surface area contributed by atoms with Crippen LogP contribution in [0.25, 0.3) is 17.0 Å². The minimum atomic E-state index is -0.474. The van der Waals surface area contributed by atoms with Crippen molar-refractivity contribution in [1.82, 2.24) is 20.4 Å². The fourth-order valence-corrected chi connectivity index (χ4v) is 3.75. The average molecular weight is 430 g/mol. The zero-order valence-electron chi connectivity index (χ0n) is 17.2. The molecule has 1 aliphatic rings. The zero-order chi connectivity index (χ0) is 22.1. The Hall–Kier alpha value is -4.20. The number of hydrogen-bond donors (Lipinski definition) is 1. The van der Waals surface area contributed by atoms with Gasteiger partial charge in [-0.05, 0) is 48.9 Å². The van der Waals surface area contributed by atoms with E-state index in [0.29, 0.717) is 28.4 Å². The first-order valence-electron chi connectivity index (χ1n) is 10.1. The van der Waals surface area contributed by atoms with E-state index in [9.17, 15) is 9.18 Å². The molecule has 2 aromatic carbocycles. The molecule has 1 aliphatic heterocycles. The van der Waals surface area contributed by atoms with Gasteiger partial charge in [0.05, 0.1) is 24.4 Å². The van der Waals surface area contributed by atoms with Crippen molar-refractivity contribution >= 4 is 11.6 Å². The predicted octanol–water partition coefficient (Wildman–Crippen LogP) is 5.17. The first-order valence-corrected chi connectivity index (χ1v) is 10.1. The van der Waals surface area contributed by atoms with Gasteiger partial charge in [0.25, 0.3) is 5.89 Å². The van der Waals surface area contributed by atoms with Crippen LogP contribution in [0.5, 0.6) is 0 Å². The van der Waals surface area contributed by atoms with Gasteiger partial charge in [-0.25, -0.2) is 9.18 Å². The Labute approximate surface area is 183 Å². The summed E-state index contributed by atoms with van der Waals surface area (Å²) >= 11 is 0. The molecule has 0 bridgehead atoms. The number of hydrogen-bond acceptors (Lipinski definition) is 5. The van der Waals surface area contributed by atoms with E-state index in [-0.39, 0.29) is 24.3 Å². The normalized spacial score (nSPS) is 16.4. The molecule has 2 amide bonds. The molecule has 0 saturated carbocycles. The molecule has 0 aliphatic carbocycles. The molecule has 3 heterocycles. The Morgan fingerprint density at radius 3 is 2.56 bits per heavy atom. The number of rotatable bonds is 5. The van der Waals surface area contributed by atoms with E-state index in [1.54, 1.807) is 29.4 Å². The van der Waals surface area contributed by atoms with Crippen molar-refractivity contribution < 1.29 is 18.1 Å². The van der Waals surface area contributed by atoms with E-state index in [1.807, 2.05) is 43.3 Å². The number of allylic oxidation sites excluding steroid dienone is 1. The van der Waals surface area contributed by atoms with Crippen LogP contribution in [0.2, 0.25) is 0 Å². The third-order valence-corrected chi connectivity index (χ3v) is 5.38. The summed E-state index contributed by atoms with van der Waals surface area (Å²) < 4.78 is 24.3. The molecule has 0 saturated heterocycles. The topological polar surface area (TPSA) is 84.4 Å². The van der Waals surface area contributed by atoms with Crippen molar-refractivity contribution in [3.63, 3.8) is 0 Å². The number of carbonyl (C=O) groups excluding carboxylic acids is 1. The van der Waals surface area contributed by atoms with Crippen molar-refractivity contribution in [2.75, 3.05) is 0 Å². The Morgan fingerprint density at radius 1 is 1.06 bits per heavy atom. The number of amides is 2.